The molecule has 0 aliphatic carbocycles. The van der Waals surface area contributed by atoms with E-state index in [1.54, 1.807) is 0 Å². The average Bonchev–Trinajstić information content (AvgIpc) is 2.53. The molecule has 1 atom stereocenters. The second-order valence-corrected chi connectivity index (χ2v) is 7.87. The molecule has 3 aromatic rings. The minimum atomic E-state index is -1.06. The van der Waals surface area contributed by atoms with Gasteiger partial charge in [-0.05, 0) is 69.1 Å². The van der Waals surface area contributed by atoms with Gasteiger partial charge >= 0.3 is 0 Å². The Kier molecular flexibility index (Phi) is 4.79. The van der Waals surface area contributed by atoms with Crippen molar-refractivity contribution in [2.45, 2.75) is 11.8 Å². The van der Waals surface area contributed by atoms with Gasteiger partial charge in [0.15, 0.2) is 4.90 Å². The summed E-state index contributed by atoms with van der Waals surface area (Å²) in [6.45, 7) is 1.92. The van der Waals surface area contributed by atoms with Gasteiger partial charge in [-0.25, -0.2) is 0 Å². The summed E-state index contributed by atoms with van der Waals surface area (Å²) in [7, 11) is 0. The maximum Gasteiger partial charge on any atom is 0.174 e. The number of halogens is 2. The molecule has 0 heterocycles. The van der Waals surface area contributed by atoms with Gasteiger partial charge in [-0.1, -0.05) is 41.9 Å². The van der Waals surface area contributed by atoms with Crippen molar-refractivity contribution in [3.8, 4) is 11.1 Å². The van der Waals surface area contributed by atoms with E-state index in [2.05, 4.69) is 28.1 Å². The summed E-state index contributed by atoms with van der Waals surface area (Å²) in [5.41, 5.74) is 1.84. The summed E-state index contributed by atoms with van der Waals surface area (Å²) in [6.07, 6.45) is 0. The second kappa shape index (κ2) is 6.63. The third-order valence-electron chi connectivity index (χ3n) is 3.58. The summed E-state index contributed by atoms with van der Waals surface area (Å²) in [6, 6.07) is 18.0. The highest BCUT2D eigenvalue weighted by molar-refractivity contribution is 9.10. The summed E-state index contributed by atoms with van der Waals surface area (Å²) >= 11 is 8.96. The van der Waals surface area contributed by atoms with Crippen molar-refractivity contribution in [3.05, 3.63) is 64.1 Å². The first-order valence-electron chi connectivity index (χ1n) is 6.97. The molecule has 4 heteroatoms. The molecule has 0 amide bonds. The maximum absolute atomic E-state index is 12.4. The van der Waals surface area contributed by atoms with Crippen LogP contribution in [0.1, 0.15) is 6.92 Å². The van der Waals surface area contributed by atoms with E-state index in [1.165, 1.54) is 0 Å². The Morgan fingerprint density at radius 3 is 2.36 bits per heavy atom. The highest BCUT2D eigenvalue weighted by Gasteiger charge is 2.21. The molecule has 112 valence electrons. The lowest BCUT2D eigenvalue weighted by Crippen LogP contribution is -2.06. The third-order valence-corrected chi connectivity index (χ3v) is 6.24. The molecule has 0 spiro atoms. The molecule has 0 radical (unpaired) electrons. The molecule has 22 heavy (non-hydrogen) atoms. The van der Waals surface area contributed by atoms with Crippen LogP contribution in [0.3, 0.4) is 0 Å². The van der Waals surface area contributed by atoms with Gasteiger partial charge in [0.05, 0.1) is 4.47 Å². The zero-order valence-electron chi connectivity index (χ0n) is 12.0. The van der Waals surface area contributed by atoms with Crippen LogP contribution in [0.5, 0.6) is 0 Å². The van der Waals surface area contributed by atoms with Crippen LogP contribution in [0.15, 0.2) is 64.0 Å². The molecule has 0 saturated heterocycles. The molecule has 0 bridgehead atoms. The van der Waals surface area contributed by atoms with Crippen LogP contribution in [-0.2, 0) is 11.2 Å². The fraction of sp³-hybridized carbons (Fsp3) is 0.111. The summed E-state index contributed by atoms with van der Waals surface area (Å²) in [5.74, 6) is 0.570. The molecule has 0 fully saturated rings. The number of hydrogen-bond donors (Lipinski definition) is 0. The van der Waals surface area contributed by atoms with Crippen LogP contribution in [-0.4, -0.2) is 10.3 Å². The summed E-state index contributed by atoms with van der Waals surface area (Å²) in [4.78, 5) is 0.808. The monoisotopic (exact) mass is 392 g/mol. The van der Waals surface area contributed by atoms with Crippen molar-refractivity contribution in [1.82, 2.24) is 0 Å². The predicted molar refractivity (Wildman–Crippen MR) is 99.0 cm³/mol. The van der Waals surface area contributed by atoms with Crippen LogP contribution >= 0.6 is 27.5 Å². The Bertz CT molecular complexity index is 834. The van der Waals surface area contributed by atoms with Gasteiger partial charge in [-0.2, -0.15) is 0 Å². The van der Waals surface area contributed by atoms with Gasteiger partial charge < -0.3 is 4.55 Å². The van der Waals surface area contributed by atoms with Crippen molar-refractivity contribution in [2.75, 3.05) is 5.75 Å². The van der Waals surface area contributed by atoms with Gasteiger partial charge in [0.1, 0.15) is 5.75 Å². The highest BCUT2D eigenvalue weighted by Crippen LogP contribution is 2.39. The molecule has 0 aliphatic heterocycles. The topological polar surface area (TPSA) is 23.1 Å². The van der Waals surface area contributed by atoms with Crippen LogP contribution in [0, 0.1) is 0 Å². The zero-order valence-corrected chi connectivity index (χ0v) is 15.1. The Balaban J connectivity index is 2.27. The summed E-state index contributed by atoms with van der Waals surface area (Å²) in [5, 5.41) is 2.89. The van der Waals surface area contributed by atoms with E-state index in [4.69, 9.17) is 11.6 Å². The van der Waals surface area contributed by atoms with Gasteiger partial charge in [0.25, 0.3) is 0 Å². The number of hydrogen-bond acceptors (Lipinski definition) is 1. The number of rotatable bonds is 3. The van der Waals surface area contributed by atoms with Gasteiger partial charge in [-0.15, -0.1) is 0 Å². The quantitative estimate of drug-likeness (QED) is 0.497. The van der Waals surface area contributed by atoms with E-state index < -0.39 is 11.2 Å². The van der Waals surface area contributed by atoms with E-state index in [0.29, 0.717) is 10.8 Å². The first-order valence-corrected chi connectivity index (χ1v) is 9.46. The van der Waals surface area contributed by atoms with E-state index >= 15 is 0 Å². The zero-order chi connectivity index (χ0) is 15.7. The molecule has 1 nitrogen and oxygen atoms in total. The SMILES string of the molecule is CC[S+]([O-])c1c(Br)cccc1-c1cc2ccccc2cc1Cl. The van der Waals surface area contributed by atoms with Crippen LogP contribution in [0.4, 0.5) is 0 Å². The number of benzene rings is 3. The summed E-state index contributed by atoms with van der Waals surface area (Å²) < 4.78 is 13.3. The Morgan fingerprint density at radius 2 is 1.68 bits per heavy atom. The van der Waals surface area contributed by atoms with Crippen molar-refractivity contribution in [1.29, 1.82) is 0 Å². The standard InChI is InChI=1S/C18H14BrClOS/c1-2-22(21)18-14(8-5-9-16(18)19)15-10-12-6-3-4-7-13(12)11-17(15)20/h3-11H,2H2,1H3. The second-order valence-electron chi connectivity index (χ2n) is 4.93. The first kappa shape index (κ1) is 15.9. The smallest absolute Gasteiger partial charge is 0.174 e. The number of fused-ring (bicyclic) bond motifs is 1. The van der Waals surface area contributed by atoms with Crippen molar-refractivity contribution < 1.29 is 4.55 Å². The Morgan fingerprint density at radius 1 is 1.00 bits per heavy atom. The lowest BCUT2D eigenvalue weighted by atomic mass is 10.0. The molecule has 0 saturated carbocycles. The van der Waals surface area contributed by atoms with Gasteiger partial charge in [0, 0.05) is 16.1 Å². The lowest BCUT2D eigenvalue weighted by molar-refractivity contribution is 0.596. The third kappa shape index (κ3) is 2.91. The molecule has 1 unspecified atom stereocenters. The van der Waals surface area contributed by atoms with Crippen LogP contribution in [0.2, 0.25) is 5.02 Å². The molecule has 3 aromatic carbocycles. The van der Waals surface area contributed by atoms with E-state index in [-0.39, 0.29) is 0 Å². The van der Waals surface area contributed by atoms with Crippen molar-refractivity contribution in [2.24, 2.45) is 0 Å². The minimum absolute atomic E-state index is 0.570. The highest BCUT2D eigenvalue weighted by atomic mass is 79.9. The fourth-order valence-corrected chi connectivity index (χ4v) is 4.69. The Hall–Kier alpha value is -1.00. The van der Waals surface area contributed by atoms with Crippen LogP contribution in [0.25, 0.3) is 21.9 Å². The van der Waals surface area contributed by atoms with Crippen molar-refractivity contribution in [3.63, 3.8) is 0 Å². The van der Waals surface area contributed by atoms with Gasteiger partial charge in [0.2, 0.25) is 0 Å². The molecule has 0 aliphatic rings. The molecular formula is C18H14BrClOS. The van der Waals surface area contributed by atoms with Crippen LogP contribution < -0.4 is 0 Å². The predicted octanol–water partition coefficient (Wildman–Crippen LogP) is 6.05. The first-order chi connectivity index (χ1) is 10.6. The largest absolute Gasteiger partial charge is 0.611 e. The molecular weight excluding hydrogens is 380 g/mol. The molecule has 3 rings (SSSR count). The van der Waals surface area contributed by atoms with Gasteiger partial charge in [-0.3, -0.25) is 0 Å². The van der Waals surface area contributed by atoms with E-state index in [1.807, 2.05) is 49.4 Å². The molecule has 0 N–H and O–H groups in total. The lowest BCUT2D eigenvalue weighted by Gasteiger charge is -2.16. The Labute approximate surface area is 146 Å². The normalized spacial score (nSPS) is 12.5. The minimum Gasteiger partial charge on any atom is -0.611 e. The molecule has 0 aromatic heterocycles. The average molecular weight is 394 g/mol. The van der Waals surface area contributed by atoms with E-state index in [9.17, 15) is 4.55 Å². The fourth-order valence-electron chi connectivity index (χ4n) is 2.52. The van der Waals surface area contributed by atoms with Crippen molar-refractivity contribution >= 4 is 49.5 Å². The maximum atomic E-state index is 12.4. The van der Waals surface area contributed by atoms with E-state index in [0.717, 1.165) is 31.3 Å².